The van der Waals surface area contributed by atoms with Crippen molar-refractivity contribution in [2.45, 2.75) is 20.4 Å². The van der Waals surface area contributed by atoms with Gasteiger partial charge in [0.15, 0.2) is 0 Å². The van der Waals surface area contributed by atoms with Crippen LogP contribution in [0.25, 0.3) is 0 Å². The van der Waals surface area contributed by atoms with Crippen LogP contribution in [-0.4, -0.2) is 9.97 Å². The van der Waals surface area contributed by atoms with Gasteiger partial charge in [0, 0.05) is 23.3 Å². The maximum absolute atomic E-state index is 13.0. The third-order valence-corrected chi connectivity index (χ3v) is 3.91. The summed E-state index contributed by atoms with van der Waals surface area (Å²) in [4.78, 5) is 8.80. The van der Waals surface area contributed by atoms with Crippen LogP contribution in [0.1, 0.15) is 17.0 Å². The van der Waals surface area contributed by atoms with Crippen molar-refractivity contribution in [1.29, 1.82) is 0 Å². The molecule has 0 fully saturated rings. The van der Waals surface area contributed by atoms with Gasteiger partial charge < -0.3 is 10.6 Å². The zero-order valence-electron chi connectivity index (χ0n) is 14.0. The molecule has 0 saturated heterocycles. The molecule has 25 heavy (non-hydrogen) atoms. The first kappa shape index (κ1) is 17.2. The minimum absolute atomic E-state index is 0.244. The summed E-state index contributed by atoms with van der Waals surface area (Å²) in [6.45, 7) is 4.37. The smallest absolute Gasteiger partial charge is 0.136 e. The summed E-state index contributed by atoms with van der Waals surface area (Å²) in [5.41, 5.74) is 2.94. The molecular weight excluding hydrogens is 339 g/mol. The molecule has 4 nitrogen and oxygen atoms in total. The summed E-state index contributed by atoms with van der Waals surface area (Å²) < 4.78 is 13.0. The van der Waals surface area contributed by atoms with E-state index in [1.807, 2.05) is 38.1 Å². The number of nitrogens with one attached hydrogen (secondary N) is 2. The third kappa shape index (κ3) is 4.67. The summed E-state index contributed by atoms with van der Waals surface area (Å²) in [5.74, 6) is 1.80. The molecule has 128 valence electrons. The maximum atomic E-state index is 13.0. The normalized spacial score (nSPS) is 10.6. The molecule has 0 spiro atoms. The highest BCUT2D eigenvalue weighted by Gasteiger charge is 2.05. The maximum Gasteiger partial charge on any atom is 0.136 e. The van der Waals surface area contributed by atoms with Crippen LogP contribution < -0.4 is 10.6 Å². The molecule has 6 heteroatoms. The highest BCUT2D eigenvalue weighted by molar-refractivity contribution is 6.30. The van der Waals surface area contributed by atoms with Gasteiger partial charge in [0.25, 0.3) is 0 Å². The van der Waals surface area contributed by atoms with Gasteiger partial charge in [0.2, 0.25) is 0 Å². The second-order valence-electron chi connectivity index (χ2n) is 5.75. The Labute approximate surface area is 151 Å². The molecule has 3 aromatic rings. The number of aromatic nitrogens is 2. The Bertz CT molecular complexity index is 881. The van der Waals surface area contributed by atoms with Crippen molar-refractivity contribution in [3.63, 3.8) is 0 Å². The van der Waals surface area contributed by atoms with Crippen molar-refractivity contribution in [2.24, 2.45) is 0 Å². The number of rotatable bonds is 5. The summed E-state index contributed by atoms with van der Waals surface area (Å²) in [5, 5.41) is 7.22. The fourth-order valence-corrected chi connectivity index (χ4v) is 2.65. The highest BCUT2D eigenvalue weighted by atomic mass is 35.5. The molecular formula is C19H18ClFN4. The quantitative estimate of drug-likeness (QED) is 0.656. The topological polar surface area (TPSA) is 49.8 Å². The van der Waals surface area contributed by atoms with Gasteiger partial charge in [0.05, 0.1) is 0 Å². The van der Waals surface area contributed by atoms with Crippen molar-refractivity contribution < 1.29 is 4.39 Å². The Morgan fingerprint density at radius 2 is 1.68 bits per heavy atom. The average Bonchev–Trinajstić information content (AvgIpc) is 2.56. The average molecular weight is 357 g/mol. The fraction of sp³-hybridized carbons (Fsp3) is 0.158. The SMILES string of the molecule is Cc1nc(NCc2ccc(F)cc2)cc(Nc2ccc(Cl)cc2C)n1. The van der Waals surface area contributed by atoms with Crippen molar-refractivity contribution in [1.82, 2.24) is 9.97 Å². The van der Waals surface area contributed by atoms with Crippen LogP contribution in [0.15, 0.2) is 48.5 Å². The van der Waals surface area contributed by atoms with E-state index in [2.05, 4.69) is 20.6 Å². The van der Waals surface area contributed by atoms with E-state index in [1.165, 1.54) is 12.1 Å². The van der Waals surface area contributed by atoms with Gasteiger partial charge in [-0.25, -0.2) is 14.4 Å². The minimum atomic E-state index is -0.244. The largest absolute Gasteiger partial charge is 0.366 e. The van der Waals surface area contributed by atoms with Crippen molar-refractivity contribution in [3.8, 4) is 0 Å². The Balaban J connectivity index is 1.74. The van der Waals surface area contributed by atoms with Crippen LogP contribution >= 0.6 is 11.6 Å². The monoisotopic (exact) mass is 356 g/mol. The molecule has 1 heterocycles. The lowest BCUT2D eigenvalue weighted by atomic mass is 10.2. The van der Waals surface area contributed by atoms with Gasteiger partial charge >= 0.3 is 0 Å². The molecule has 0 amide bonds. The van der Waals surface area contributed by atoms with Gasteiger partial charge in [0.1, 0.15) is 23.3 Å². The predicted octanol–water partition coefficient (Wildman–Crippen LogP) is 5.24. The lowest BCUT2D eigenvalue weighted by molar-refractivity contribution is 0.627. The number of nitrogens with zero attached hydrogens (tertiary/aromatic N) is 2. The standard InChI is InChI=1S/C19H18ClFN4/c1-12-9-15(20)5-8-17(12)25-19-10-18(23-13(2)24-19)22-11-14-3-6-16(21)7-4-14/h3-10H,11H2,1-2H3,(H2,22,23,24,25). The van der Waals surface area contributed by atoms with Crippen LogP contribution in [0.3, 0.4) is 0 Å². The van der Waals surface area contributed by atoms with E-state index in [0.29, 0.717) is 29.0 Å². The van der Waals surface area contributed by atoms with E-state index < -0.39 is 0 Å². The molecule has 0 bridgehead atoms. The number of anilines is 3. The van der Waals surface area contributed by atoms with Crippen LogP contribution in [0.5, 0.6) is 0 Å². The Kier molecular flexibility index (Phi) is 5.14. The molecule has 0 aliphatic carbocycles. The van der Waals surface area contributed by atoms with E-state index in [9.17, 15) is 4.39 Å². The van der Waals surface area contributed by atoms with Crippen molar-refractivity contribution in [3.05, 3.63) is 76.3 Å². The molecule has 0 saturated carbocycles. The predicted molar refractivity (Wildman–Crippen MR) is 100.0 cm³/mol. The van der Waals surface area contributed by atoms with Crippen LogP contribution in [-0.2, 0) is 6.54 Å². The highest BCUT2D eigenvalue weighted by Crippen LogP contribution is 2.23. The number of hydrogen-bond acceptors (Lipinski definition) is 4. The first-order valence-corrected chi connectivity index (χ1v) is 8.24. The van der Waals surface area contributed by atoms with Gasteiger partial charge in [-0.3, -0.25) is 0 Å². The van der Waals surface area contributed by atoms with Gasteiger partial charge in [-0.15, -0.1) is 0 Å². The Hall–Kier alpha value is -2.66. The zero-order chi connectivity index (χ0) is 17.8. The van der Waals surface area contributed by atoms with E-state index >= 15 is 0 Å². The molecule has 0 atom stereocenters. The Morgan fingerprint density at radius 1 is 0.960 bits per heavy atom. The van der Waals surface area contributed by atoms with Crippen LogP contribution in [0, 0.1) is 19.7 Å². The number of hydrogen-bond donors (Lipinski definition) is 2. The van der Waals surface area contributed by atoms with E-state index in [-0.39, 0.29) is 5.82 Å². The molecule has 3 rings (SSSR count). The molecule has 2 N–H and O–H groups in total. The fourth-order valence-electron chi connectivity index (χ4n) is 2.42. The summed E-state index contributed by atoms with van der Waals surface area (Å²) in [6.07, 6.45) is 0. The summed E-state index contributed by atoms with van der Waals surface area (Å²) in [7, 11) is 0. The molecule has 0 radical (unpaired) electrons. The minimum Gasteiger partial charge on any atom is -0.366 e. The van der Waals surface area contributed by atoms with Gasteiger partial charge in [-0.1, -0.05) is 23.7 Å². The second-order valence-corrected chi connectivity index (χ2v) is 6.19. The van der Waals surface area contributed by atoms with Gasteiger partial charge in [-0.05, 0) is 55.3 Å². The number of halogens is 2. The van der Waals surface area contributed by atoms with E-state index in [1.54, 1.807) is 12.1 Å². The van der Waals surface area contributed by atoms with Crippen LogP contribution in [0.2, 0.25) is 5.02 Å². The lowest BCUT2D eigenvalue weighted by Gasteiger charge is -2.12. The lowest BCUT2D eigenvalue weighted by Crippen LogP contribution is -2.05. The molecule has 0 aliphatic rings. The number of aryl methyl sites for hydroxylation is 2. The molecule has 2 aromatic carbocycles. The van der Waals surface area contributed by atoms with Gasteiger partial charge in [-0.2, -0.15) is 0 Å². The second kappa shape index (κ2) is 7.49. The molecule has 1 aromatic heterocycles. The van der Waals surface area contributed by atoms with Crippen molar-refractivity contribution >= 4 is 28.9 Å². The summed E-state index contributed by atoms with van der Waals surface area (Å²) in [6, 6.07) is 13.9. The van der Waals surface area contributed by atoms with Crippen molar-refractivity contribution in [2.75, 3.05) is 10.6 Å². The van der Waals surface area contributed by atoms with E-state index in [0.717, 1.165) is 16.8 Å². The van der Waals surface area contributed by atoms with Crippen LogP contribution in [0.4, 0.5) is 21.7 Å². The first-order valence-electron chi connectivity index (χ1n) is 7.87. The van der Waals surface area contributed by atoms with E-state index in [4.69, 9.17) is 11.6 Å². The zero-order valence-corrected chi connectivity index (χ0v) is 14.7. The first-order chi connectivity index (χ1) is 12.0. The molecule has 0 unspecified atom stereocenters. The molecule has 0 aliphatic heterocycles. The third-order valence-electron chi connectivity index (χ3n) is 3.68. The summed E-state index contributed by atoms with van der Waals surface area (Å²) >= 11 is 5.99. The number of benzene rings is 2. The Morgan fingerprint density at radius 3 is 2.40 bits per heavy atom.